The fraction of sp³-hybridized carbons (Fsp3) is 0.261. The van der Waals surface area contributed by atoms with Crippen molar-refractivity contribution >= 4 is 32.5 Å². The molecule has 4 rings (SSSR count). The number of rotatable bonds is 2. The zero-order chi connectivity index (χ0) is 17.7. The number of hydrogen-bond donors (Lipinski definition) is 0. The molecule has 0 saturated carbocycles. The average molecular weight is 330 g/mol. The third kappa shape index (κ3) is 2.44. The molecule has 0 unspecified atom stereocenters. The van der Waals surface area contributed by atoms with Crippen LogP contribution in [0.5, 0.6) is 0 Å². The maximum absolute atomic E-state index is 12.6. The quantitative estimate of drug-likeness (QED) is 0.317. The second-order valence-electron chi connectivity index (χ2n) is 7.39. The Labute approximate surface area is 147 Å². The molecule has 0 bridgehead atoms. The Morgan fingerprint density at radius 3 is 2.28 bits per heavy atom. The van der Waals surface area contributed by atoms with E-state index in [1.807, 2.05) is 30.3 Å². The van der Waals surface area contributed by atoms with Gasteiger partial charge in [-0.2, -0.15) is 0 Å². The van der Waals surface area contributed by atoms with Crippen LogP contribution < -0.4 is 5.63 Å². The molecular formula is C23H22O2. The molecule has 3 aromatic carbocycles. The summed E-state index contributed by atoms with van der Waals surface area (Å²) >= 11 is 0. The molecule has 2 heteroatoms. The molecule has 4 aromatic rings. The maximum atomic E-state index is 12.6. The molecule has 0 amide bonds. The van der Waals surface area contributed by atoms with Crippen LogP contribution in [0.3, 0.4) is 0 Å². The Hall–Kier alpha value is -2.61. The first-order valence-corrected chi connectivity index (χ1v) is 8.89. The van der Waals surface area contributed by atoms with E-state index in [2.05, 4.69) is 45.9 Å². The molecule has 0 aliphatic rings. The van der Waals surface area contributed by atoms with Crippen LogP contribution in [0.2, 0.25) is 0 Å². The van der Waals surface area contributed by atoms with Gasteiger partial charge >= 0.3 is 5.63 Å². The number of hydrogen-bond acceptors (Lipinski definition) is 2. The molecule has 0 N–H and O–H groups in total. The van der Waals surface area contributed by atoms with Crippen LogP contribution in [-0.2, 0) is 0 Å². The third-order valence-electron chi connectivity index (χ3n) is 5.05. The van der Waals surface area contributed by atoms with Gasteiger partial charge in [0.25, 0.3) is 0 Å². The molecule has 2 nitrogen and oxygen atoms in total. The fourth-order valence-electron chi connectivity index (χ4n) is 3.66. The summed E-state index contributed by atoms with van der Waals surface area (Å²) < 4.78 is 5.75. The van der Waals surface area contributed by atoms with Crippen molar-refractivity contribution in [2.75, 3.05) is 0 Å². The number of benzene rings is 3. The summed E-state index contributed by atoms with van der Waals surface area (Å²) in [5.74, 6) is 0.728. The predicted molar refractivity (Wildman–Crippen MR) is 106 cm³/mol. The highest BCUT2D eigenvalue weighted by Crippen LogP contribution is 2.37. The molecule has 0 fully saturated rings. The van der Waals surface area contributed by atoms with Crippen LogP contribution >= 0.6 is 0 Å². The van der Waals surface area contributed by atoms with Gasteiger partial charge in [0.1, 0.15) is 5.58 Å². The SMILES string of the molecule is CC(C)c1cc(C(C)C)c2c(c1)oc(=O)c1ccc3ccccc3c12. The van der Waals surface area contributed by atoms with Crippen molar-refractivity contribution in [2.24, 2.45) is 0 Å². The van der Waals surface area contributed by atoms with E-state index >= 15 is 0 Å². The van der Waals surface area contributed by atoms with Gasteiger partial charge in [-0.05, 0) is 45.9 Å². The molecule has 0 saturated heterocycles. The first kappa shape index (κ1) is 15.9. The van der Waals surface area contributed by atoms with Crippen LogP contribution in [0.1, 0.15) is 50.7 Å². The van der Waals surface area contributed by atoms with Crippen molar-refractivity contribution < 1.29 is 4.42 Å². The van der Waals surface area contributed by atoms with Gasteiger partial charge in [0.05, 0.1) is 5.39 Å². The van der Waals surface area contributed by atoms with Crippen molar-refractivity contribution in [3.05, 3.63) is 70.1 Å². The average Bonchev–Trinajstić information content (AvgIpc) is 2.60. The zero-order valence-electron chi connectivity index (χ0n) is 15.1. The van der Waals surface area contributed by atoms with E-state index in [1.54, 1.807) is 0 Å². The highest BCUT2D eigenvalue weighted by atomic mass is 16.4. The van der Waals surface area contributed by atoms with Crippen molar-refractivity contribution in [2.45, 2.75) is 39.5 Å². The van der Waals surface area contributed by atoms with Gasteiger partial charge < -0.3 is 4.42 Å². The third-order valence-corrected chi connectivity index (χ3v) is 5.05. The molecule has 0 atom stereocenters. The highest BCUT2D eigenvalue weighted by Gasteiger charge is 2.17. The Kier molecular flexibility index (Phi) is 3.64. The summed E-state index contributed by atoms with van der Waals surface area (Å²) in [5.41, 5.74) is 2.89. The van der Waals surface area contributed by atoms with Crippen LogP contribution in [-0.4, -0.2) is 0 Å². The first-order valence-electron chi connectivity index (χ1n) is 8.89. The van der Waals surface area contributed by atoms with Crippen LogP contribution in [0, 0.1) is 0 Å². The van der Waals surface area contributed by atoms with Gasteiger partial charge in [-0.1, -0.05) is 64.1 Å². The minimum Gasteiger partial charge on any atom is -0.422 e. The van der Waals surface area contributed by atoms with Gasteiger partial charge in [-0.15, -0.1) is 0 Å². The molecule has 0 aliphatic carbocycles. The summed E-state index contributed by atoms with van der Waals surface area (Å²) in [6.45, 7) is 8.72. The van der Waals surface area contributed by atoms with E-state index in [0.717, 1.165) is 21.5 Å². The highest BCUT2D eigenvalue weighted by molar-refractivity contribution is 6.19. The molecule has 1 heterocycles. The predicted octanol–water partition coefficient (Wildman–Crippen LogP) is 6.35. The lowest BCUT2D eigenvalue weighted by atomic mass is 9.89. The smallest absolute Gasteiger partial charge is 0.344 e. The Bertz CT molecular complexity index is 1160. The lowest BCUT2D eigenvalue weighted by Crippen LogP contribution is -2.03. The summed E-state index contributed by atoms with van der Waals surface area (Å²) in [4.78, 5) is 12.6. The van der Waals surface area contributed by atoms with Gasteiger partial charge in [0.2, 0.25) is 0 Å². The van der Waals surface area contributed by atoms with Gasteiger partial charge in [-0.3, -0.25) is 0 Å². The van der Waals surface area contributed by atoms with Gasteiger partial charge in [0, 0.05) is 10.8 Å². The van der Waals surface area contributed by atoms with Gasteiger partial charge in [-0.25, -0.2) is 4.79 Å². The topological polar surface area (TPSA) is 30.2 Å². The number of fused-ring (bicyclic) bond motifs is 5. The van der Waals surface area contributed by atoms with Crippen LogP contribution in [0.4, 0.5) is 0 Å². The minimum absolute atomic E-state index is 0.260. The van der Waals surface area contributed by atoms with Crippen molar-refractivity contribution in [1.29, 1.82) is 0 Å². The van der Waals surface area contributed by atoms with E-state index < -0.39 is 0 Å². The lowest BCUT2D eigenvalue weighted by Gasteiger charge is -2.16. The fourth-order valence-corrected chi connectivity index (χ4v) is 3.66. The van der Waals surface area contributed by atoms with E-state index in [9.17, 15) is 4.79 Å². The van der Waals surface area contributed by atoms with E-state index in [1.165, 1.54) is 11.1 Å². The first-order chi connectivity index (χ1) is 12.0. The molecule has 0 radical (unpaired) electrons. The van der Waals surface area contributed by atoms with Crippen molar-refractivity contribution in [3.63, 3.8) is 0 Å². The molecule has 25 heavy (non-hydrogen) atoms. The van der Waals surface area contributed by atoms with Gasteiger partial charge in [0.15, 0.2) is 0 Å². The van der Waals surface area contributed by atoms with Crippen molar-refractivity contribution in [1.82, 2.24) is 0 Å². The second-order valence-corrected chi connectivity index (χ2v) is 7.39. The summed E-state index contributed by atoms with van der Waals surface area (Å²) in [5, 5.41) is 5.00. The molecule has 0 spiro atoms. The maximum Gasteiger partial charge on any atom is 0.344 e. The largest absolute Gasteiger partial charge is 0.422 e. The summed E-state index contributed by atoms with van der Waals surface area (Å²) in [6, 6.07) is 16.4. The molecule has 126 valence electrons. The standard InChI is InChI=1S/C23H22O2/c1-13(2)16-11-19(14(3)4)22-20(12-16)25-23(24)18-10-9-15-7-5-6-8-17(15)21(18)22/h5-14H,1-4H3. The van der Waals surface area contributed by atoms with Crippen LogP contribution in [0.15, 0.2) is 57.7 Å². The molecular weight excluding hydrogens is 308 g/mol. The van der Waals surface area contributed by atoms with E-state index in [4.69, 9.17) is 4.42 Å². The Morgan fingerprint density at radius 2 is 1.56 bits per heavy atom. The lowest BCUT2D eigenvalue weighted by molar-refractivity contribution is 0.568. The Morgan fingerprint density at radius 1 is 0.800 bits per heavy atom. The minimum atomic E-state index is -0.260. The second kappa shape index (κ2) is 5.73. The van der Waals surface area contributed by atoms with E-state index in [0.29, 0.717) is 22.8 Å². The van der Waals surface area contributed by atoms with Crippen molar-refractivity contribution in [3.8, 4) is 0 Å². The summed E-state index contributed by atoms with van der Waals surface area (Å²) in [7, 11) is 0. The Balaban J connectivity index is 2.33. The zero-order valence-corrected chi connectivity index (χ0v) is 15.1. The molecule has 1 aromatic heterocycles. The normalized spacial score (nSPS) is 12.1. The summed E-state index contributed by atoms with van der Waals surface area (Å²) in [6.07, 6.45) is 0. The monoisotopic (exact) mass is 330 g/mol. The van der Waals surface area contributed by atoms with Crippen LogP contribution in [0.25, 0.3) is 32.5 Å². The van der Waals surface area contributed by atoms with E-state index in [-0.39, 0.29) is 5.63 Å². The molecule has 0 aliphatic heterocycles.